The Morgan fingerprint density at radius 1 is 1.19 bits per heavy atom. The number of amides is 2. The first-order valence-electron chi connectivity index (χ1n) is 9.72. The molecule has 2 N–H and O–H groups in total. The van der Waals surface area contributed by atoms with Crippen LogP contribution in [0.3, 0.4) is 0 Å². The lowest BCUT2D eigenvalue weighted by Crippen LogP contribution is -2.44. The van der Waals surface area contributed by atoms with Crippen LogP contribution in [0.5, 0.6) is 0 Å². The number of hydrogen-bond acceptors (Lipinski definition) is 4. The summed E-state index contributed by atoms with van der Waals surface area (Å²) in [6.07, 6.45) is 5.99. The van der Waals surface area contributed by atoms with Crippen molar-refractivity contribution in [1.29, 1.82) is 0 Å². The van der Waals surface area contributed by atoms with Gasteiger partial charge in [-0.15, -0.1) is 11.8 Å². The van der Waals surface area contributed by atoms with Crippen LogP contribution in [0.25, 0.3) is 0 Å². The topological polar surface area (TPSA) is 67.4 Å². The van der Waals surface area contributed by atoms with Gasteiger partial charge in [0.25, 0.3) is 0 Å². The van der Waals surface area contributed by atoms with Gasteiger partial charge in [-0.25, -0.2) is 4.79 Å². The standard InChI is InChI=1S/C21H32N2O3S/c1-14-13-17(27-16-9-7-6-8-10-16)11-12-18(14)23-19(24)15(2)22-20(25)26-21(3,4)5/h11-13,15-16H,6-10H2,1-5H3,(H,22,25)(H,23,24)/t15-/m1/s1. The van der Waals surface area contributed by atoms with Crippen molar-refractivity contribution in [3.63, 3.8) is 0 Å². The monoisotopic (exact) mass is 392 g/mol. The molecule has 0 aromatic heterocycles. The molecule has 27 heavy (non-hydrogen) atoms. The van der Waals surface area contributed by atoms with Gasteiger partial charge in [-0.05, 0) is 71.2 Å². The summed E-state index contributed by atoms with van der Waals surface area (Å²) >= 11 is 1.94. The van der Waals surface area contributed by atoms with Crippen LogP contribution in [-0.2, 0) is 9.53 Å². The Labute approximate surface area is 167 Å². The summed E-state index contributed by atoms with van der Waals surface area (Å²) in [4.78, 5) is 25.4. The van der Waals surface area contributed by atoms with Gasteiger partial charge in [0.05, 0.1) is 0 Å². The van der Waals surface area contributed by atoms with Gasteiger partial charge in [-0.3, -0.25) is 4.79 Å². The van der Waals surface area contributed by atoms with Crippen molar-refractivity contribution < 1.29 is 14.3 Å². The predicted molar refractivity (Wildman–Crippen MR) is 111 cm³/mol. The van der Waals surface area contributed by atoms with Crippen LogP contribution >= 0.6 is 11.8 Å². The average Bonchev–Trinajstić information content (AvgIpc) is 2.56. The van der Waals surface area contributed by atoms with Crippen molar-refractivity contribution in [3.8, 4) is 0 Å². The highest BCUT2D eigenvalue weighted by Gasteiger charge is 2.21. The second-order valence-electron chi connectivity index (χ2n) is 8.21. The van der Waals surface area contributed by atoms with Crippen molar-refractivity contribution in [2.24, 2.45) is 0 Å². The molecule has 1 fully saturated rings. The maximum Gasteiger partial charge on any atom is 0.408 e. The summed E-state index contributed by atoms with van der Waals surface area (Å²) in [6, 6.07) is 5.45. The van der Waals surface area contributed by atoms with Crippen LogP contribution < -0.4 is 10.6 Å². The van der Waals surface area contributed by atoms with Gasteiger partial charge in [0.15, 0.2) is 0 Å². The second-order valence-corrected chi connectivity index (χ2v) is 9.59. The van der Waals surface area contributed by atoms with E-state index in [0.717, 1.165) is 11.3 Å². The Hall–Kier alpha value is -1.69. The lowest BCUT2D eigenvalue weighted by molar-refractivity contribution is -0.117. The van der Waals surface area contributed by atoms with Crippen LogP contribution in [0.2, 0.25) is 0 Å². The fraction of sp³-hybridized carbons (Fsp3) is 0.619. The Morgan fingerprint density at radius 3 is 2.44 bits per heavy atom. The highest BCUT2D eigenvalue weighted by Crippen LogP contribution is 2.34. The summed E-state index contributed by atoms with van der Waals surface area (Å²) in [5.41, 5.74) is 1.20. The molecule has 1 saturated carbocycles. The molecule has 1 aliphatic rings. The first-order valence-corrected chi connectivity index (χ1v) is 10.6. The van der Waals surface area contributed by atoms with E-state index in [4.69, 9.17) is 4.74 Å². The molecule has 5 nitrogen and oxygen atoms in total. The first kappa shape index (κ1) is 21.6. The molecular formula is C21H32N2O3S. The van der Waals surface area contributed by atoms with Crippen LogP contribution in [0, 0.1) is 6.92 Å². The maximum absolute atomic E-state index is 12.4. The zero-order valence-electron chi connectivity index (χ0n) is 17.1. The molecule has 1 aliphatic carbocycles. The third-order valence-corrected chi connectivity index (χ3v) is 5.77. The van der Waals surface area contributed by atoms with Crippen molar-refractivity contribution >= 4 is 29.4 Å². The molecule has 150 valence electrons. The molecule has 2 amide bonds. The van der Waals surface area contributed by atoms with E-state index in [-0.39, 0.29) is 5.91 Å². The molecule has 0 unspecified atom stereocenters. The smallest absolute Gasteiger partial charge is 0.408 e. The summed E-state index contributed by atoms with van der Waals surface area (Å²) in [7, 11) is 0. The molecule has 1 aromatic rings. The molecule has 0 saturated heterocycles. The molecule has 0 heterocycles. The minimum absolute atomic E-state index is 0.267. The number of ether oxygens (including phenoxy) is 1. The van der Waals surface area contributed by atoms with Gasteiger partial charge in [0.1, 0.15) is 11.6 Å². The van der Waals surface area contributed by atoms with E-state index < -0.39 is 17.7 Å². The summed E-state index contributed by atoms with van der Waals surface area (Å²) in [5.74, 6) is -0.267. The second kappa shape index (κ2) is 9.49. The minimum Gasteiger partial charge on any atom is -0.444 e. The maximum atomic E-state index is 12.4. The molecule has 0 aliphatic heterocycles. The number of benzene rings is 1. The fourth-order valence-electron chi connectivity index (χ4n) is 3.02. The molecule has 0 radical (unpaired) electrons. The lowest BCUT2D eigenvalue weighted by atomic mass is 10.0. The average molecular weight is 393 g/mol. The van der Waals surface area contributed by atoms with Crippen molar-refractivity contribution in [2.45, 2.75) is 88.5 Å². The van der Waals surface area contributed by atoms with Gasteiger partial charge in [-0.2, -0.15) is 0 Å². The van der Waals surface area contributed by atoms with E-state index in [2.05, 4.69) is 22.8 Å². The Kier molecular flexibility index (Phi) is 7.59. The number of alkyl carbamates (subject to hydrolysis) is 1. The quantitative estimate of drug-likeness (QED) is 0.716. The van der Waals surface area contributed by atoms with E-state index in [1.165, 1.54) is 37.0 Å². The third kappa shape index (κ3) is 7.45. The molecule has 2 rings (SSSR count). The SMILES string of the molecule is Cc1cc(SC2CCCCC2)ccc1NC(=O)[C@@H](C)NC(=O)OC(C)(C)C. The van der Waals surface area contributed by atoms with Crippen LogP contribution in [0.15, 0.2) is 23.1 Å². The number of anilines is 1. The zero-order chi connectivity index (χ0) is 20.0. The first-order chi connectivity index (χ1) is 12.6. The molecule has 0 spiro atoms. The van der Waals surface area contributed by atoms with E-state index in [1.807, 2.05) is 24.8 Å². The highest BCUT2D eigenvalue weighted by molar-refractivity contribution is 8.00. The lowest BCUT2D eigenvalue weighted by Gasteiger charge is -2.22. The number of aryl methyl sites for hydroxylation is 1. The largest absolute Gasteiger partial charge is 0.444 e. The molecule has 1 atom stereocenters. The van der Waals surface area contributed by atoms with Crippen LogP contribution in [0.4, 0.5) is 10.5 Å². The van der Waals surface area contributed by atoms with Crippen LogP contribution in [-0.4, -0.2) is 28.9 Å². The number of rotatable bonds is 5. The minimum atomic E-state index is -0.685. The third-order valence-electron chi connectivity index (χ3n) is 4.44. The number of hydrogen-bond donors (Lipinski definition) is 2. The van der Waals surface area contributed by atoms with Gasteiger partial charge >= 0.3 is 6.09 Å². The molecule has 1 aromatic carbocycles. The van der Waals surface area contributed by atoms with E-state index >= 15 is 0 Å². The Bertz CT molecular complexity index is 664. The molecular weight excluding hydrogens is 360 g/mol. The Morgan fingerprint density at radius 2 is 1.85 bits per heavy atom. The van der Waals surface area contributed by atoms with E-state index in [1.54, 1.807) is 27.7 Å². The molecule has 0 bridgehead atoms. The van der Waals surface area contributed by atoms with Gasteiger partial charge < -0.3 is 15.4 Å². The van der Waals surface area contributed by atoms with Crippen molar-refractivity contribution in [3.05, 3.63) is 23.8 Å². The Balaban J connectivity index is 1.90. The predicted octanol–water partition coefficient (Wildman–Crippen LogP) is 5.27. The number of thioether (sulfide) groups is 1. The van der Waals surface area contributed by atoms with Gasteiger partial charge in [0.2, 0.25) is 5.91 Å². The van der Waals surface area contributed by atoms with Gasteiger partial charge in [-0.1, -0.05) is 19.3 Å². The van der Waals surface area contributed by atoms with Crippen molar-refractivity contribution in [2.75, 3.05) is 5.32 Å². The summed E-state index contributed by atoms with van der Waals surface area (Å²) in [6.45, 7) is 8.99. The molecule has 6 heteroatoms. The normalized spacial score (nSPS) is 16.5. The summed E-state index contributed by atoms with van der Waals surface area (Å²) in [5, 5.41) is 6.16. The van der Waals surface area contributed by atoms with Gasteiger partial charge in [0, 0.05) is 15.8 Å². The van der Waals surface area contributed by atoms with Crippen molar-refractivity contribution in [1.82, 2.24) is 5.32 Å². The summed E-state index contributed by atoms with van der Waals surface area (Å²) < 4.78 is 5.19. The number of carbonyl (C=O) groups excluding carboxylic acids is 2. The number of carbonyl (C=O) groups is 2. The number of nitrogens with one attached hydrogen (secondary N) is 2. The fourth-order valence-corrected chi connectivity index (χ4v) is 4.36. The van der Waals surface area contributed by atoms with E-state index in [9.17, 15) is 9.59 Å². The van der Waals surface area contributed by atoms with E-state index in [0.29, 0.717) is 5.25 Å². The highest BCUT2D eigenvalue weighted by atomic mass is 32.2. The van der Waals surface area contributed by atoms with Crippen LogP contribution in [0.1, 0.15) is 65.4 Å². The zero-order valence-corrected chi connectivity index (χ0v) is 17.9.